The van der Waals surface area contributed by atoms with Gasteiger partial charge in [0.05, 0.1) is 22.5 Å². The minimum atomic E-state index is -6.34. The monoisotopic (exact) mass is 724 g/mol. The van der Waals surface area contributed by atoms with Crippen molar-refractivity contribution < 1.29 is 57.9 Å². The fourth-order valence-electron chi connectivity index (χ4n) is 3.85. The van der Waals surface area contributed by atoms with Gasteiger partial charge in [-0.2, -0.15) is 26.3 Å². The maximum Gasteiger partial charge on any atom is 0.432 e. The number of carbonyl (C=O) groups excluding carboxylic acids is 2. The molecule has 3 rings (SSSR count). The van der Waals surface area contributed by atoms with Crippen LogP contribution in [0, 0.1) is 15.2 Å². The number of benzene rings is 3. The molecule has 0 heterocycles. The fraction of sp³-hybridized carbons (Fsp3) is 0.231. The van der Waals surface area contributed by atoms with Gasteiger partial charge in [-0.1, -0.05) is 6.07 Å². The van der Waals surface area contributed by atoms with Gasteiger partial charge in [-0.3, -0.25) is 9.59 Å². The van der Waals surface area contributed by atoms with Crippen LogP contribution in [0.3, 0.4) is 0 Å². The normalized spacial score (nSPS) is 13.9. The zero-order valence-electron chi connectivity index (χ0n) is 21.0. The first-order valence-electron chi connectivity index (χ1n) is 11.3. The Balaban J connectivity index is 2.07. The van der Waals surface area contributed by atoms with Crippen LogP contribution in [-0.2, 0) is 11.8 Å². The zero-order chi connectivity index (χ0) is 32.0. The molecule has 3 aromatic carbocycles. The van der Waals surface area contributed by atoms with Gasteiger partial charge < -0.3 is 10.2 Å². The number of nitrogens with one attached hydrogen (secondary N) is 1. The van der Waals surface area contributed by atoms with E-state index in [9.17, 15) is 53.5 Å². The minimum absolute atomic E-state index is 0.0538. The lowest BCUT2D eigenvalue weighted by Crippen LogP contribution is -2.51. The summed E-state index contributed by atoms with van der Waals surface area (Å²) >= 11 is 0.977. The Labute approximate surface area is 243 Å². The SMILES string of the molecule is CN(C(=O)c1ccc(F)cc1)c1cccc(C(=O)Nc2c(I)cc(C(F)(C(C)(F)F)C(F)(F)F)cc2C(F)(F)F)c1F. The van der Waals surface area contributed by atoms with Crippen molar-refractivity contribution in [2.75, 3.05) is 17.3 Å². The van der Waals surface area contributed by atoms with Crippen LogP contribution >= 0.6 is 22.6 Å². The molecule has 0 aliphatic heterocycles. The average Bonchev–Trinajstić information content (AvgIpc) is 2.86. The van der Waals surface area contributed by atoms with Gasteiger partial charge in [-0.25, -0.2) is 22.0 Å². The van der Waals surface area contributed by atoms with Crippen LogP contribution < -0.4 is 10.2 Å². The summed E-state index contributed by atoms with van der Waals surface area (Å²) < 4.78 is 152. The molecule has 16 heteroatoms. The number of nitrogens with zero attached hydrogens (tertiary/aromatic N) is 1. The Morgan fingerprint density at radius 1 is 0.857 bits per heavy atom. The molecule has 0 spiro atoms. The standard InChI is InChI=1S/C26H16F11IN2O2/c1-23(29,30)24(31,26(35,36)37)13-10-16(25(32,33)34)20(17(38)11-13)39-21(41)15-4-3-5-18(19(15)28)40(2)22(42)12-6-8-14(27)9-7-12/h3-11H,1-2H3,(H,39,41). The number of anilines is 2. The van der Waals surface area contributed by atoms with Crippen LogP contribution in [0.5, 0.6) is 0 Å². The summed E-state index contributed by atoms with van der Waals surface area (Å²) in [5, 5.41) is 1.69. The van der Waals surface area contributed by atoms with E-state index in [1.807, 2.05) is 0 Å². The first-order valence-corrected chi connectivity index (χ1v) is 12.4. The lowest BCUT2D eigenvalue weighted by Gasteiger charge is -2.34. The Hall–Kier alpha value is -3.44. The topological polar surface area (TPSA) is 49.4 Å². The molecule has 0 saturated carbocycles. The second-order valence-corrected chi connectivity index (χ2v) is 10.0. The van der Waals surface area contributed by atoms with Crippen LogP contribution in [0.2, 0.25) is 0 Å². The van der Waals surface area contributed by atoms with Gasteiger partial charge in [0.1, 0.15) is 5.82 Å². The number of halogens is 12. The summed E-state index contributed by atoms with van der Waals surface area (Å²) in [6, 6.07) is 6.54. The molecule has 3 aromatic rings. The fourth-order valence-corrected chi connectivity index (χ4v) is 4.61. The Bertz CT molecular complexity index is 1500. The highest BCUT2D eigenvalue weighted by molar-refractivity contribution is 14.1. The molecule has 0 bridgehead atoms. The summed E-state index contributed by atoms with van der Waals surface area (Å²) in [5.41, 5.74) is -12.5. The quantitative estimate of drug-likeness (QED) is 0.205. The summed E-state index contributed by atoms with van der Waals surface area (Å²) in [4.78, 5) is 26.3. The third kappa shape index (κ3) is 6.17. The third-order valence-corrected chi connectivity index (χ3v) is 6.86. The number of amides is 2. The van der Waals surface area contributed by atoms with Crippen molar-refractivity contribution in [3.8, 4) is 0 Å². The van der Waals surface area contributed by atoms with Gasteiger partial charge in [-0.15, -0.1) is 0 Å². The second kappa shape index (κ2) is 11.3. The lowest BCUT2D eigenvalue weighted by atomic mass is 9.87. The van der Waals surface area contributed by atoms with Crippen molar-refractivity contribution >= 4 is 45.8 Å². The largest absolute Gasteiger partial charge is 0.432 e. The molecule has 1 N–H and O–H groups in total. The predicted octanol–water partition coefficient (Wildman–Crippen LogP) is 8.50. The van der Waals surface area contributed by atoms with E-state index in [1.165, 1.54) is 0 Å². The first-order chi connectivity index (χ1) is 19.1. The number of alkyl halides is 9. The van der Waals surface area contributed by atoms with Crippen LogP contribution in [0.15, 0.2) is 54.6 Å². The minimum Gasteiger partial charge on any atom is -0.320 e. The number of rotatable bonds is 6. The van der Waals surface area contributed by atoms with Crippen molar-refractivity contribution in [3.05, 3.63) is 92.1 Å². The maximum absolute atomic E-state index is 15.3. The van der Waals surface area contributed by atoms with Gasteiger partial charge in [0.2, 0.25) is 0 Å². The van der Waals surface area contributed by atoms with Gasteiger partial charge in [0.25, 0.3) is 23.4 Å². The molecule has 2 amide bonds. The van der Waals surface area contributed by atoms with Crippen molar-refractivity contribution in [1.29, 1.82) is 0 Å². The Kier molecular flexibility index (Phi) is 8.92. The number of hydrogen-bond acceptors (Lipinski definition) is 2. The number of hydrogen-bond donors (Lipinski definition) is 1. The maximum atomic E-state index is 15.3. The molecule has 1 atom stereocenters. The van der Waals surface area contributed by atoms with E-state index in [-0.39, 0.29) is 11.6 Å². The first kappa shape index (κ1) is 33.1. The van der Waals surface area contributed by atoms with Crippen molar-refractivity contribution in [2.45, 2.75) is 30.9 Å². The molecule has 226 valence electrons. The van der Waals surface area contributed by atoms with Crippen LogP contribution in [0.1, 0.15) is 38.8 Å². The van der Waals surface area contributed by atoms with Crippen LogP contribution in [0.25, 0.3) is 0 Å². The highest BCUT2D eigenvalue weighted by atomic mass is 127. The highest BCUT2D eigenvalue weighted by Gasteiger charge is 2.70. The van der Waals surface area contributed by atoms with E-state index in [2.05, 4.69) is 0 Å². The van der Waals surface area contributed by atoms with E-state index in [0.717, 1.165) is 77.0 Å². The van der Waals surface area contributed by atoms with E-state index in [4.69, 9.17) is 0 Å². The molecule has 0 aromatic heterocycles. The smallest absolute Gasteiger partial charge is 0.320 e. The number of carbonyl (C=O) groups is 2. The molecular formula is C26H16F11IN2O2. The van der Waals surface area contributed by atoms with Crippen molar-refractivity contribution in [3.63, 3.8) is 0 Å². The average molecular weight is 724 g/mol. The second-order valence-electron chi connectivity index (χ2n) is 8.89. The summed E-state index contributed by atoms with van der Waals surface area (Å²) in [7, 11) is 1.09. The van der Waals surface area contributed by atoms with Gasteiger partial charge in [0.15, 0.2) is 5.82 Å². The Morgan fingerprint density at radius 3 is 1.93 bits per heavy atom. The van der Waals surface area contributed by atoms with Crippen LogP contribution in [-0.4, -0.2) is 31.0 Å². The van der Waals surface area contributed by atoms with Crippen molar-refractivity contribution in [1.82, 2.24) is 0 Å². The molecule has 1 unspecified atom stereocenters. The molecule has 4 nitrogen and oxygen atoms in total. The van der Waals surface area contributed by atoms with Gasteiger partial charge in [0, 0.05) is 28.7 Å². The molecule has 42 heavy (non-hydrogen) atoms. The Morgan fingerprint density at radius 2 is 1.43 bits per heavy atom. The van der Waals surface area contributed by atoms with Crippen molar-refractivity contribution in [2.24, 2.45) is 0 Å². The molecule has 0 radical (unpaired) electrons. The zero-order valence-corrected chi connectivity index (χ0v) is 23.2. The van der Waals surface area contributed by atoms with Crippen LogP contribution in [0.4, 0.5) is 59.7 Å². The van der Waals surface area contributed by atoms with E-state index >= 15 is 4.39 Å². The highest BCUT2D eigenvalue weighted by Crippen LogP contribution is 2.54. The summed E-state index contributed by atoms with van der Waals surface area (Å²) in [6.45, 7) is -0.454. The molecule has 0 fully saturated rings. The molecular weight excluding hydrogens is 708 g/mol. The van der Waals surface area contributed by atoms with Gasteiger partial charge >= 0.3 is 12.4 Å². The van der Waals surface area contributed by atoms with Gasteiger partial charge in [-0.05, 0) is 71.1 Å². The van der Waals surface area contributed by atoms with E-state index < -0.39 is 92.0 Å². The molecule has 0 aliphatic rings. The lowest BCUT2D eigenvalue weighted by molar-refractivity contribution is -0.304. The summed E-state index contributed by atoms with van der Waals surface area (Å²) in [6.07, 6.45) is -11.9. The molecule has 0 saturated heterocycles. The van der Waals surface area contributed by atoms with E-state index in [0.29, 0.717) is 0 Å². The third-order valence-electron chi connectivity index (χ3n) is 6.01. The predicted molar refractivity (Wildman–Crippen MR) is 137 cm³/mol. The molecule has 0 aliphatic carbocycles. The summed E-state index contributed by atoms with van der Waals surface area (Å²) in [5.74, 6) is -9.72. The van der Waals surface area contributed by atoms with E-state index in [1.54, 1.807) is 5.32 Å².